The van der Waals surface area contributed by atoms with Gasteiger partial charge in [-0.1, -0.05) is 26.0 Å². The number of nitrogens with one attached hydrogen (secondary N) is 1. The van der Waals surface area contributed by atoms with Crippen molar-refractivity contribution in [1.82, 2.24) is 9.80 Å². The predicted octanol–water partition coefficient (Wildman–Crippen LogP) is 3.66. The lowest BCUT2D eigenvalue weighted by molar-refractivity contribution is -0.116. The minimum atomic E-state index is -0.398. The zero-order valence-electron chi connectivity index (χ0n) is 19.2. The van der Waals surface area contributed by atoms with Gasteiger partial charge in [-0.25, -0.2) is 0 Å². The highest BCUT2D eigenvalue weighted by molar-refractivity contribution is 6.22. The van der Waals surface area contributed by atoms with Crippen molar-refractivity contribution in [3.8, 4) is 0 Å². The van der Waals surface area contributed by atoms with E-state index in [4.69, 9.17) is 0 Å². The van der Waals surface area contributed by atoms with E-state index in [1.165, 1.54) is 35.0 Å². The highest BCUT2D eigenvalue weighted by atomic mass is 16.2. The minimum Gasteiger partial charge on any atom is -0.332 e. The fourth-order valence-electron chi connectivity index (χ4n) is 3.60. The van der Waals surface area contributed by atoms with E-state index in [0.717, 1.165) is 17.5 Å². The Kier molecular flexibility index (Phi) is 6.77. The number of carbonyl (C=O) groups excluding carboxylic acids is 4. The number of nitrogens with zero attached hydrogens (tertiary/aromatic N) is 2. The molecule has 32 heavy (non-hydrogen) atoms. The van der Waals surface area contributed by atoms with Crippen LogP contribution in [0.3, 0.4) is 0 Å². The van der Waals surface area contributed by atoms with E-state index in [9.17, 15) is 19.2 Å². The number of rotatable bonds is 7. The Balaban J connectivity index is 1.69. The van der Waals surface area contributed by atoms with Crippen molar-refractivity contribution in [1.29, 1.82) is 0 Å². The molecule has 0 fully saturated rings. The first kappa shape index (κ1) is 23.2. The molecule has 0 spiro atoms. The first-order valence-electron chi connectivity index (χ1n) is 10.7. The second-order valence-electron chi connectivity index (χ2n) is 8.66. The normalized spacial score (nSPS) is 12.9. The molecule has 2 aromatic rings. The molecule has 0 atom stereocenters. The van der Waals surface area contributed by atoms with E-state index >= 15 is 0 Å². The average molecular weight is 436 g/mol. The molecule has 0 unspecified atom stereocenters. The number of carbonyl (C=O) groups is 4. The Morgan fingerprint density at radius 1 is 1.03 bits per heavy atom. The number of aryl methyl sites for hydroxylation is 1. The molecule has 3 rings (SSSR count). The molecule has 0 bridgehead atoms. The quantitative estimate of drug-likeness (QED) is 0.673. The lowest BCUT2D eigenvalue weighted by atomic mass is 10.0. The van der Waals surface area contributed by atoms with Crippen molar-refractivity contribution in [2.24, 2.45) is 5.92 Å². The highest BCUT2D eigenvalue weighted by Crippen LogP contribution is 2.25. The second-order valence-corrected chi connectivity index (χ2v) is 8.66. The number of imide groups is 1. The second kappa shape index (κ2) is 9.34. The molecule has 168 valence electrons. The van der Waals surface area contributed by atoms with Crippen LogP contribution in [-0.2, 0) is 4.79 Å². The molecule has 0 saturated heterocycles. The fraction of sp³-hybridized carbons (Fsp3) is 0.360. The number of amides is 4. The van der Waals surface area contributed by atoms with Gasteiger partial charge in [0, 0.05) is 24.8 Å². The summed E-state index contributed by atoms with van der Waals surface area (Å²) in [6, 6.07) is 10.1. The number of fused-ring (bicyclic) bond motifs is 1. The third kappa shape index (κ3) is 4.72. The summed E-state index contributed by atoms with van der Waals surface area (Å²) >= 11 is 0. The standard InChI is InChI=1S/C25H29N3O4/c1-15(2)11-12-28-24(31)19-10-9-18(13-20(19)25(28)32)23(30)27(5)14-22(29)26-21-8-6-7-16(3)17(21)4/h6-10,13,15H,11-12,14H2,1-5H3,(H,26,29). The average Bonchev–Trinajstić information content (AvgIpc) is 2.98. The maximum Gasteiger partial charge on any atom is 0.261 e. The third-order valence-corrected chi connectivity index (χ3v) is 5.75. The smallest absolute Gasteiger partial charge is 0.261 e. The summed E-state index contributed by atoms with van der Waals surface area (Å²) < 4.78 is 0. The molecule has 0 aliphatic carbocycles. The first-order valence-corrected chi connectivity index (χ1v) is 10.7. The van der Waals surface area contributed by atoms with Crippen LogP contribution in [-0.4, -0.2) is 53.6 Å². The van der Waals surface area contributed by atoms with Gasteiger partial charge in [0.1, 0.15) is 0 Å². The predicted molar refractivity (Wildman–Crippen MR) is 123 cm³/mol. The van der Waals surface area contributed by atoms with E-state index in [-0.39, 0.29) is 35.4 Å². The zero-order chi connectivity index (χ0) is 23.6. The first-order chi connectivity index (χ1) is 15.1. The number of likely N-dealkylation sites (N-methyl/N-ethyl adjacent to an activating group) is 1. The van der Waals surface area contributed by atoms with Gasteiger partial charge in [0.2, 0.25) is 5.91 Å². The largest absolute Gasteiger partial charge is 0.332 e. The monoisotopic (exact) mass is 435 g/mol. The van der Waals surface area contributed by atoms with E-state index < -0.39 is 5.91 Å². The van der Waals surface area contributed by atoms with Gasteiger partial charge in [0.15, 0.2) is 0 Å². The van der Waals surface area contributed by atoms with Gasteiger partial charge in [0.25, 0.3) is 17.7 Å². The van der Waals surface area contributed by atoms with Gasteiger partial charge in [-0.05, 0) is 61.6 Å². The molecule has 1 aliphatic rings. The number of benzene rings is 2. The molecular formula is C25H29N3O4. The number of hydrogen-bond donors (Lipinski definition) is 1. The van der Waals surface area contributed by atoms with Crippen molar-refractivity contribution in [3.05, 3.63) is 64.2 Å². The van der Waals surface area contributed by atoms with Crippen molar-refractivity contribution in [2.45, 2.75) is 34.1 Å². The molecule has 0 radical (unpaired) electrons. The summed E-state index contributed by atoms with van der Waals surface area (Å²) in [4.78, 5) is 53.1. The molecule has 7 nitrogen and oxygen atoms in total. The van der Waals surface area contributed by atoms with Gasteiger partial charge < -0.3 is 10.2 Å². The van der Waals surface area contributed by atoms with Crippen LogP contribution >= 0.6 is 0 Å². The molecule has 2 aromatic carbocycles. The summed E-state index contributed by atoms with van der Waals surface area (Å²) in [6.45, 7) is 8.16. The van der Waals surface area contributed by atoms with E-state index in [1.807, 2.05) is 45.9 Å². The Labute approximate surface area is 188 Å². The molecule has 1 heterocycles. The molecule has 0 saturated carbocycles. The van der Waals surface area contributed by atoms with Crippen LogP contribution in [0.15, 0.2) is 36.4 Å². The fourth-order valence-corrected chi connectivity index (χ4v) is 3.60. The van der Waals surface area contributed by atoms with Crippen LogP contribution < -0.4 is 5.32 Å². The zero-order valence-corrected chi connectivity index (χ0v) is 19.2. The Morgan fingerprint density at radius 3 is 2.41 bits per heavy atom. The Morgan fingerprint density at radius 2 is 1.72 bits per heavy atom. The maximum absolute atomic E-state index is 12.9. The van der Waals surface area contributed by atoms with Gasteiger partial charge in [-0.15, -0.1) is 0 Å². The van der Waals surface area contributed by atoms with Crippen LogP contribution in [0.25, 0.3) is 0 Å². The summed E-state index contributed by atoms with van der Waals surface area (Å²) in [5, 5.41) is 2.83. The summed E-state index contributed by atoms with van der Waals surface area (Å²) in [7, 11) is 1.53. The SMILES string of the molecule is Cc1cccc(NC(=O)CN(C)C(=O)c2ccc3c(c2)C(=O)N(CCC(C)C)C3=O)c1C. The molecule has 4 amide bonds. The lowest BCUT2D eigenvalue weighted by Gasteiger charge is -2.18. The van der Waals surface area contributed by atoms with Crippen molar-refractivity contribution < 1.29 is 19.2 Å². The van der Waals surface area contributed by atoms with Gasteiger partial charge >= 0.3 is 0 Å². The van der Waals surface area contributed by atoms with E-state index in [2.05, 4.69) is 5.32 Å². The van der Waals surface area contributed by atoms with Crippen molar-refractivity contribution in [3.63, 3.8) is 0 Å². The van der Waals surface area contributed by atoms with Gasteiger partial charge in [-0.2, -0.15) is 0 Å². The molecule has 0 aromatic heterocycles. The van der Waals surface area contributed by atoms with Crippen LogP contribution in [0, 0.1) is 19.8 Å². The lowest BCUT2D eigenvalue weighted by Crippen LogP contribution is -2.35. The molecular weight excluding hydrogens is 406 g/mol. The van der Waals surface area contributed by atoms with Gasteiger partial charge in [-0.3, -0.25) is 24.1 Å². The number of anilines is 1. The summed E-state index contributed by atoms with van der Waals surface area (Å²) in [5.41, 5.74) is 3.55. The van der Waals surface area contributed by atoms with Gasteiger partial charge in [0.05, 0.1) is 17.7 Å². The van der Waals surface area contributed by atoms with Crippen LogP contribution in [0.2, 0.25) is 0 Å². The van der Waals surface area contributed by atoms with E-state index in [0.29, 0.717) is 23.7 Å². The van der Waals surface area contributed by atoms with Crippen molar-refractivity contribution in [2.75, 3.05) is 25.5 Å². The highest BCUT2D eigenvalue weighted by Gasteiger charge is 2.36. The minimum absolute atomic E-state index is 0.142. The van der Waals surface area contributed by atoms with Crippen LogP contribution in [0.4, 0.5) is 5.69 Å². The third-order valence-electron chi connectivity index (χ3n) is 5.75. The van der Waals surface area contributed by atoms with E-state index in [1.54, 1.807) is 0 Å². The molecule has 1 N–H and O–H groups in total. The maximum atomic E-state index is 12.9. The Bertz CT molecular complexity index is 1090. The van der Waals surface area contributed by atoms with Crippen molar-refractivity contribution >= 4 is 29.3 Å². The number of hydrogen-bond acceptors (Lipinski definition) is 4. The summed E-state index contributed by atoms with van der Waals surface area (Å²) in [5.74, 6) is -1.06. The molecule has 1 aliphatic heterocycles. The topological polar surface area (TPSA) is 86.8 Å². The molecule has 7 heteroatoms. The summed E-state index contributed by atoms with van der Waals surface area (Å²) in [6.07, 6.45) is 0.718. The Hall–Kier alpha value is -3.48. The van der Waals surface area contributed by atoms with Crippen LogP contribution in [0.1, 0.15) is 62.5 Å². The van der Waals surface area contributed by atoms with Crippen LogP contribution in [0.5, 0.6) is 0 Å².